The molecule has 0 atom stereocenters. The molecule has 0 fully saturated rings. The van der Waals surface area contributed by atoms with Crippen molar-refractivity contribution in [2.45, 2.75) is 27.7 Å². The van der Waals surface area contributed by atoms with Crippen LogP contribution in [0.4, 0.5) is 0 Å². The third kappa shape index (κ3) is 25.0. The largest absolute Gasteiger partial charge is 0.674 e. The first-order valence-electron chi connectivity index (χ1n) is 3.61. The fraction of sp³-hybridized carbons (Fsp3) is 0.667. The van der Waals surface area contributed by atoms with Gasteiger partial charge in [0.15, 0.2) is 0 Å². The van der Waals surface area contributed by atoms with Crippen LogP contribution in [0.5, 0.6) is 0 Å². The van der Waals surface area contributed by atoms with Crippen molar-refractivity contribution in [3.8, 4) is 0 Å². The zero-order valence-electron chi connectivity index (χ0n) is 8.07. The molecule has 0 spiro atoms. The minimum absolute atomic E-state index is 0. The second-order valence-corrected chi connectivity index (χ2v) is 2.72. The normalized spacial score (nSPS) is 8.27. The molecule has 0 aromatic heterocycles. The van der Waals surface area contributed by atoms with Gasteiger partial charge in [0.2, 0.25) is 0 Å². The van der Waals surface area contributed by atoms with Crippen LogP contribution in [0.25, 0.3) is 5.73 Å². The van der Waals surface area contributed by atoms with Crippen LogP contribution in [-0.2, 0) is 25.8 Å². The van der Waals surface area contributed by atoms with E-state index in [0.717, 1.165) is 5.92 Å². The van der Waals surface area contributed by atoms with Gasteiger partial charge in [-0.25, -0.2) is 0 Å². The Morgan fingerprint density at radius 2 is 1.64 bits per heavy atom. The maximum Gasteiger partial charge on any atom is 0 e. The summed E-state index contributed by atoms with van der Waals surface area (Å²) in [7, 11) is 0. The molecule has 0 amide bonds. The maximum atomic E-state index is 6.33. The van der Waals surface area contributed by atoms with Crippen LogP contribution >= 0.6 is 0 Å². The van der Waals surface area contributed by atoms with Crippen molar-refractivity contribution in [3.05, 3.63) is 24.3 Å². The maximum absolute atomic E-state index is 6.33. The van der Waals surface area contributed by atoms with Gasteiger partial charge in [0.1, 0.15) is 0 Å². The van der Waals surface area contributed by atoms with Gasteiger partial charge in [-0.05, 0) is 0 Å². The van der Waals surface area contributed by atoms with E-state index in [4.69, 9.17) is 5.73 Å². The monoisotopic (exact) mass is 321 g/mol. The van der Waals surface area contributed by atoms with E-state index in [0.29, 0.717) is 6.54 Å². The standard InChI is InChI=1S/C6H13.C3H6N.Hf/c1-5(2)6(3)4;1-2-3-4;/h5H,1-4H3;2,4H,1,3H2;/q2*-1;. The summed E-state index contributed by atoms with van der Waals surface area (Å²) in [5.74, 6) is 2.28. The Morgan fingerprint density at radius 3 is 1.64 bits per heavy atom. The van der Waals surface area contributed by atoms with E-state index in [1.54, 1.807) is 6.08 Å². The summed E-state index contributed by atoms with van der Waals surface area (Å²) < 4.78 is 0. The van der Waals surface area contributed by atoms with Crippen LogP contribution in [0.2, 0.25) is 0 Å². The van der Waals surface area contributed by atoms with Gasteiger partial charge in [0.05, 0.1) is 0 Å². The van der Waals surface area contributed by atoms with Crippen molar-refractivity contribution < 1.29 is 25.8 Å². The smallest absolute Gasteiger partial charge is 0 e. The number of hydrogen-bond donors (Lipinski definition) is 0. The summed E-state index contributed by atoms with van der Waals surface area (Å²) in [6, 6.07) is 0. The van der Waals surface area contributed by atoms with Crippen LogP contribution in [-0.4, -0.2) is 6.54 Å². The molecule has 0 radical (unpaired) electrons. The summed E-state index contributed by atoms with van der Waals surface area (Å²) >= 11 is 0. The van der Waals surface area contributed by atoms with Gasteiger partial charge in [-0.3, -0.25) is 0 Å². The molecule has 2 heteroatoms. The SMILES string of the molecule is C=CC[NH-].C[C-](C)C(C)C.[Hf]. The van der Waals surface area contributed by atoms with Crippen molar-refractivity contribution in [2.24, 2.45) is 5.92 Å². The Kier molecular flexibility index (Phi) is 21.1. The van der Waals surface area contributed by atoms with E-state index in [9.17, 15) is 0 Å². The Balaban J connectivity index is -0.000000114. The van der Waals surface area contributed by atoms with Crippen LogP contribution in [0.3, 0.4) is 0 Å². The van der Waals surface area contributed by atoms with E-state index in [1.165, 1.54) is 5.92 Å². The Morgan fingerprint density at radius 1 is 1.45 bits per heavy atom. The van der Waals surface area contributed by atoms with Crippen molar-refractivity contribution in [2.75, 3.05) is 6.54 Å². The average Bonchev–Trinajstić information content (AvgIpc) is 1.89. The van der Waals surface area contributed by atoms with Gasteiger partial charge in [-0.2, -0.15) is 19.8 Å². The molecule has 11 heavy (non-hydrogen) atoms. The minimum atomic E-state index is 0. The van der Waals surface area contributed by atoms with Crippen LogP contribution < -0.4 is 0 Å². The fourth-order valence-corrected chi connectivity index (χ4v) is 0. The molecule has 0 unspecified atom stereocenters. The van der Waals surface area contributed by atoms with Gasteiger partial charge in [0, 0.05) is 25.8 Å². The number of rotatable bonds is 2. The summed E-state index contributed by atoms with van der Waals surface area (Å²) in [5.41, 5.74) is 6.33. The van der Waals surface area contributed by atoms with Gasteiger partial charge < -0.3 is 11.7 Å². The van der Waals surface area contributed by atoms with E-state index in [1.807, 2.05) is 0 Å². The first kappa shape index (κ1) is 17.6. The molecule has 0 aliphatic heterocycles. The molecule has 66 valence electrons. The van der Waals surface area contributed by atoms with E-state index in [2.05, 4.69) is 34.3 Å². The van der Waals surface area contributed by atoms with Crippen molar-refractivity contribution in [1.82, 2.24) is 0 Å². The van der Waals surface area contributed by atoms with E-state index < -0.39 is 0 Å². The van der Waals surface area contributed by atoms with Crippen LogP contribution in [0.1, 0.15) is 27.7 Å². The summed E-state index contributed by atoms with van der Waals surface area (Å²) in [4.78, 5) is 0. The zero-order chi connectivity index (χ0) is 8.57. The molecule has 0 bridgehead atoms. The molecule has 0 aliphatic carbocycles. The summed E-state index contributed by atoms with van der Waals surface area (Å²) in [5, 5.41) is 0. The van der Waals surface area contributed by atoms with Crippen LogP contribution in [0, 0.1) is 11.8 Å². The average molecular weight is 320 g/mol. The Hall–Kier alpha value is 0.570. The van der Waals surface area contributed by atoms with E-state index >= 15 is 0 Å². The zero-order valence-corrected chi connectivity index (χ0v) is 11.7. The Labute approximate surface area is 90.2 Å². The molecule has 0 saturated carbocycles. The molecule has 0 aromatic rings. The van der Waals surface area contributed by atoms with Crippen LogP contribution in [0.15, 0.2) is 12.7 Å². The minimum Gasteiger partial charge on any atom is -0.674 e. The topological polar surface area (TPSA) is 23.8 Å². The number of hydrogen-bond acceptors (Lipinski definition) is 0. The fourth-order valence-electron chi connectivity index (χ4n) is 0. The first-order valence-corrected chi connectivity index (χ1v) is 3.61. The van der Waals surface area contributed by atoms with Crippen molar-refractivity contribution >= 4 is 0 Å². The second kappa shape index (κ2) is 13.2. The molecular formula is C9H19HfN-2. The molecule has 0 saturated heterocycles. The molecule has 1 N–H and O–H groups in total. The molecule has 1 nitrogen and oxygen atoms in total. The van der Waals surface area contributed by atoms with Gasteiger partial charge in [-0.1, -0.05) is 13.8 Å². The molecule has 0 aliphatic rings. The summed E-state index contributed by atoms with van der Waals surface area (Å²) in [6.45, 7) is 12.3. The molecule has 0 rings (SSSR count). The molecular weight excluding hydrogens is 301 g/mol. The molecule has 0 aromatic carbocycles. The third-order valence-electron chi connectivity index (χ3n) is 1.30. The third-order valence-corrected chi connectivity index (χ3v) is 1.30. The van der Waals surface area contributed by atoms with Gasteiger partial charge in [-0.15, -0.1) is 19.2 Å². The second-order valence-electron chi connectivity index (χ2n) is 2.72. The van der Waals surface area contributed by atoms with Gasteiger partial charge >= 0.3 is 0 Å². The van der Waals surface area contributed by atoms with Crippen molar-refractivity contribution in [3.63, 3.8) is 0 Å². The summed E-state index contributed by atoms with van der Waals surface area (Å²) in [6.07, 6.45) is 1.54. The van der Waals surface area contributed by atoms with E-state index in [-0.39, 0.29) is 25.8 Å². The first-order chi connectivity index (χ1) is 4.56. The van der Waals surface area contributed by atoms with Gasteiger partial charge in [0.25, 0.3) is 0 Å². The predicted molar refractivity (Wildman–Crippen MR) is 48.8 cm³/mol. The number of nitrogens with one attached hydrogen (secondary N) is 1. The van der Waals surface area contributed by atoms with Crippen molar-refractivity contribution in [1.29, 1.82) is 0 Å². The molecule has 0 heterocycles. The Bertz CT molecular complexity index is 64.0. The quantitative estimate of drug-likeness (QED) is 0.423. The predicted octanol–water partition coefficient (Wildman–Crippen LogP) is 3.48.